The molecule has 0 N–H and O–H groups in total. The molecule has 0 radical (unpaired) electrons. The lowest BCUT2D eigenvalue weighted by Gasteiger charge is -2.50. The van der Waals surface area contributed by atoms with Crippen molar-refractivity contribution in [3.05, 3.63) is 48.0 Å². The number of carbonyl (C=O) groups is 2. The van der Waals surface area contributed by atoms with Crippen molar-refractivity contribution in [1.29, 1.82) is 0 Å². The predicted octanol–water partition coefficient (Wildman–Crippen LogP) is 2.26. The first-order chi connectivity index (χ1) is 17.0. The fourth-order valence-corrected chi connectivity index (χ4v) is 5.69. The largest absolute Gasteiger partial charge is 0.497 e. The van der Waals surface area contributed by atoms with Gasteiger partial charge in [-0.2, -0.15) is 0 Å². The second kappa shape index (κ2) is 9.68. The van der Waals surface area contributed by atoms with Crippen molar-refractivity contribution in [2.75, 3.05) is 69.8 Å². The van der Waals surface area contributed by atoms with Gasteiger partial charge in [0.05, 0.1) is 26.2 Å². The molecule has 186 valence electrons. The first kappa shape index (κ1) is 23.3. The molecule has 8 heteroatoms. The number of carbonyl (C=O) groups excluding carboxylic acids is 2. The summed E-state index contributed by atoms with van der Waals surface area (Å²) in [4.78, 5) is 34.2. The van der Waals surface area contributed by atoms with Gasteiger partial charge in [-0.25, -0.2) is 0 Å². The van der Waals surface area contributed by atoms with Crippen LogP contribution in [0.3, 0.4) is 0 Å². The normalized spacial score (nSPS) is 21.8. The van der Waals surface area contributed by atoms with Crippen LogP contribution in [0.15, 0.2) is 42.5 Å². The topological polar surface area (TPSA) is 65.6 Å². The average Bonchev–Trinajstić information content (AvgIpc) is 2.91. The minimum absolute atomic E-state index is 0.0591. The fraction of sp³-hybridized carbons (Fsp3) is 0.481. The lowest BCUT2D eigenvalue weighted by molar-refractivity contribution is -0.142. The number of amides is 2. The Morgan fingerprint density at radius 1 is 0.829 bits per heavy atom. The van der Waals surface area contributed by atoms with Crippen molar-refractivity contribution >= 4 is 23.2 Å². The molecule has 2 fully saturated rings. The molecule has 2 aromatic carbocycles. The molecule has 5 rings (SSSR count). The summed E-state index contributed by atoms with van der Waals surface area (Å²) in [7, 11) is 3.37. The molecule has 0 bridgehead atoms. The van der Waals surface area contributed by atoms with E-state index in [4.69, 9.17) is 9.47 Å². The maximum absolute atomic E-state index is 13.9. The zero-order chi connectivity index (χ0) is 24.5. The van der Waals surface area contributed by atoms with Crippen molar-refractivity contribution in [2.24, 2.45) is 5.92 Å². The van der Waals surface area contributed by atoms with E-state index in [0.29, 0.717) is 32.6 Å². The average molecular weight is 479 g/mol. The number of ether oxygens (including phenoxy) is 2. The van der Waals surface area contributed by atoms with Gasteiger partial charge in [0.2, 0.25) is 11.8 Å². The van der Waals surface area contributed by atoms with Gasteiger partial charge >= 0.3 is 0 Å². The molecule has 0 spiro atoms. The molecule has 2 unspecified atom stereocenters. The summed E-state index contributed by atoms with van der Waals surface area (Å²) in [6.07, 6.45) is 0.711. The van der Waals surface area contributed by atoms with Crippen LogP contribution < -0.4 is 19.3 Å². The minimum Gasteiger partial charge on any atom is -0.497 e. The summed E-state index contributed by atoms with van der Waals surface area (Å²) in [6, 6.07) is 14.4. The van der Waals surface area contributed by atoms with Gasteiger partial charge in [-0.3, -0.25) is 9.59 Å². The number of fused-ring (bicyclic) bond motifs is 3. The summed E-state index contributed by atoms with van der Waals surface area (Å²) < 4.78 is 10.8. The third-order valence-electron chi connectivity index (χ3n) is 7.72. The second-order valence-electron chi connectivity index (χ2n) is 9.54. The van der Waals surface area contributed by atoms with Gasteiger partial charge in [-0.05, 0) is 42.3 Å². The third kappa shape index (κ3) is 4.49. The Kier molecular flexibility index (Phi) is 6.45. The molecule has 35 heavy (non-hydrogen) atoms. The molecule has 2 saturated heterocycles. The van der Waals surface area contributed by atoms with E-state index >= 15 is 0 Å². The lowest BCUT2D eigenvalue weighted by Crippen LogP contribution is -2.62. The number of piperazine rings is 2. The highest BCUT2D eigenvalue weighted by Crippen LogP contribution is 2.39. The van der Waals surface area contributed by atoms with E-state index in [2.05, 4.69) is 34.1 Å². The molecule has 2 aromatic rings. The van der Waals surface area contributed by atoms with Crippen LogP contribution in [0, 0.1) is 5.92 Å². The molecule has 8 nitrogen and oxygen atoms in total. The lowest BCUT2D eigenvalue weighted by atomic mass is 9.82. The Morgan fingerprint density at radius 2 is 1.49 bits per heavy atom. The molecule has 3 aliphatic heterocycles. The van der Waals surface area contributed by atoms with Gasteiger partial charge < -0.3 is 29.1 Å². The third-order valence-corrected chi connectivity index (χ3v) is 7.72. The quantitative estimate of drug-likeness (QED) is 0.672. The van der Waals surface area contributed by atoms with Gasteiger partial charge in [0.15, 0.2) is 0 Å². The SMILES string of the molecule is COc1ccc(N2CCN3c4cc(OC)ccc4CC(C(=O)N4CCN(C(C)=O)CC4)C3C2)cc1. The second-order valence-corrected chi connectivity index (χ2v) is 9.54. The molecular formula is C27H34N4O4. The molecule has 0 aromatic heterocycles. The predicted molar refractivity (Wildman–Crippen MR) is 135 cm³/mol. The molecule has 3 heterocycles. The van der Waals surface area contributed by atoms with E-state index < -0.39 is 0 Å². The monoisotopic (exact) mass is 478 g/mol. The van der Waals surface area contributed by atoms with Gasteiger partial charge in [0.25, 0.3) is 0 Å². The highest BCUT2D eigenvalue weighted by molar-refractivity contribution is 5.83. The summed E-state index contributed by atoms with van der Waals surface area (Å²) in [6.45, 7) is 6.47. The van der Waals surface area contributed by atoms with E-state index in [1.54, 1.807) is 21.1 Å². The molecular weight excluding hydrogens is 444 g/mol. The van der Waals surface area contributed by atoms with E-state index in [0.717, 1.165) is 36.8 Å². The van der Waals surface area contributed by atoms with Crippen LogP contribution in [0.1, 0.15) is 12.5 Å². The van der Waals surface area contributed by atoms with Crippen molar-refractivity contribution in [3.63, 3.8) is 0 Å². The van der Waals surface area contributed by atoms with Crippen LogP contribution in [0.25, 0.3) is 0 Å². The summed E-state index contributed by atoms with van der Waals surface area (Å²) >= 11 is 0. The Balaban J connectivity index is 1.42. The van der Waals surface area contributed by atoms with Gasteiger partial charge in [-0.1, -0.05) is 6.07 Å². The minimum atomic E-state index is -0.138. The Morgan fingerprint density at radius 3 is 2.14 bits per heavy atom. The van der Waals surface area contributed by atoms with Crippen LogP contribution in [-0.2, 0) is 16.0 Å². The van der Waals surface area contributed by atoms with Crippen LogP contribution in [0.5, 0.6) is 11.5 Å². The first-order valence-corrected chi connectivity index (χ1v) is 12.4. The standard InChI is InChI=1S/C27H34N4O4/c1-19(32)28-10-12-29(13-11-28)27(33)24-16-20-4-7-23(35-3)17-25(20)31-15-14-30(18-26(24)31)21-5-8-22(34-2)9-6-21/h4-9,17,24,26H,10-16,18H2,1-3H3. The van der Waals surface area contributed by atoms with E-state index in [9.17, 15) is 9.59 Å². The number of rotatable bonds is 4. The van der Waals surface area contributed by atoms with Crippen molar-refractivity contribution < 1.29 is 19.1 Å². The summed E-state index contributed by atoms with van der Waals surface area (Å²) in [5.41, 5.74) is 3.51. The van der Waals surface area contributed by atoms with E-state index in [1.807, 2.05) is 28.0 Å². The highest BCUT2D eigenvalue weighted by Gasteiger charge is 2.43. The Labute approximate surface area is 207 Å². The van der Waals surface area contributed by atoms with E-state index in [-0.39, 0.29) is 23.8 Å². The van der Waals surface area contributed by atoms with Gasteiger partial charge in [0, 0.05) is 70.2 Å². The van der Waals surface area contributed by atoms with Gasteiger partial charge in [0.1, 0.15) is 11.5 Å². The first-order valence-electron chi connectivity index (χ1n) is 12.4. The Hall–Kier alpha value is -3.42. The number of hydrogen-bond donors (Lipinski definition) is 0. The maximum atomic E-state index is 13.9. The number of nitrogens with zero attached hydrogens (tertiary/aromatic N) is 4. The summed E-state index contributed by atoms with van der Waals surface area (Å²) in [5, 5.41) is 0. The zero-order valence-corrected chi connectivity index (χ0v) is 20.8. The molecule has 0 aliphatic carbocycles. The van der Waals surface area contributed by atoms with Crippen LogP contribution in [-0.4, -0.2) is 87.7 Å². The van der Waals surface area contributed by atoms with Crippen molar-refractivity contribution in [3.8, 4) is 11.5 Å². The number of hydrogen-bond acceptors (Lipinski definition) is 6. The van der Waals surface area contributed by atoms with Crippen LogP contribution in [0.2, 0.25) is 0 Å². The fourth-order valence-electron chi connectivity index (χ4n) is 5.69. The van der Waals surface area contributed by atoms with Gasteiger partial charge in [-0.15, -0.1) is 0 Å². The smallest absolute Gasteiger partial charge is 0.228 e. The molecule has 2 atom stereocenters. The Bertz CT molecular complexity index is 1080. The summed E-state index contributed by atoms with van der Waals surface area (Å²) in [5.74, 6) is 1.81. The number of methoxy groups -OCH3 is 2. The zero-order valence-electron chi connectivity index (χ0n) is 20.8. The molecule has 2 amide bonds. The van der Waals surface area contributed by atoms with Crippen molar-refractivity contribution in [2.45, 2.75) is 19.4 Å². The van der Waals surface area contributed by atoms with Crippen LogP contribution in [0.4, 0.5) is 11.4 Å². The van der Waals surface area contributed by atoms with Crippen LogP contribution >= 0.6 is 0 Å². The van der Waals surface area contributed by atoms with Crippen molar-refractivity contribution in [1.82, 2.24) is 9.80 Å². The molecule has 3 aliphatic rings. The number of benzene rings is 2. The molecule has 0 saturated carbocycles. The number of anilines is 2. The highest BCUT2D eigenvalue weighted by atomic mass is 16.5. The maximum Gasteiger partial charge on any atom is 0.228 e. The van der Waals surface area contributed by atoms with E-state index in [1.165, 1.54) is 11.3 Å².